The first-order valence-electron chi connectivity index (χ1n) is 6.98. The first-order chi connectivity index (χ1) is 9.74. The molecule has 1 atom stereocenters. The molecule has 0 spiro atoms. The summed E-state index contributed by atoms with van der Waals surface area (Å²) in [4.78, 5) is 12.4. The van der Waals surface area contributed by atoms with Crippen molar-refractivity contribution < 1.29 is 19.0 Å². The molecular weight excluding hydrogens is 324 g/mol. The van der Waals surface area contributed by atoms with E-state index in [2.05, 4.69) is 15.9 Å². The largest absolute Gasteiger partial charge is 0.490 e. The molecule has 1 unspecified atom stereocenters. The maximum Gasteiger partial charge on any atom is 0.166 e. The molecule has 108 valence electrons. The summed E-state index contributed by atoms with van der Waals surface area (Å²) in [6.45, 7) is 2.02. The van der Waals surface area contributed by atoms with Gasteiger partial charge < -0.3 is 14.2 Å². The normalized spacial score (nSPS) is 21.6. The van der Waals surface area contributed by atoms with Crippen LogP contribution in [-0.2, 0) is 4.74 Å². The van der Waals surface area contributed by atoms with Crippen LogP contribution in [0.4, 0.5) is 0 Å². The first-order valence-corrected chi connectivity index (χ1v) is 7.77. The average molecular weight is 341 g/mol. The molecule has 0 N–H and O–H groups in total. The maximum absolute atomic E-state index is 12.4. The van der Waals surface area contributed by atoms with Crippen molar-refractivity contribution in [2.24, 2.45) is 0 Å². The second kappa shape index (κ2) is 6.14. The molecule has 1 aromatic carbocycles. The summed E-state index contributed by atoms with van der Waals surface area (Å²) >= 11 is 3.45. The van der Waals surface area contributed by atoms with Crippen molar-refractivity contribution in [3.63, 3.8) is 0 Å². The molecular formula is C15H17BrO4. The quantitative estimate of drug-likeness (QED) is 0.791. The van der Waals surface area contributed by atoms with Gasteiger partial charge in [-0.25, -0.2) is 0 Å². The fourth-order valence-electron chi connectivity index (χ4n) is 2.52. The third-order valence-electron chi connectivity index (χ3n) is 3.57. The molecule has 0 aromatic heterocycles. The second-order valence-corrected chi connectivity index (χ2v) is 5.95. The Labute approximate surface area is 126 Å². The van der Waals surface area contributed by atoms with Crippen LogP contribution in [0.2, 0.25) is 0 Å². The lowest BCUT2D eigenvalue weighted by atomic mass is 10.0. The van der Waals surface area contributed by atoms with Crippen LogP contribution < -0.4 is 9.47 Å². The zero-order chi connectivity index (χ0) is 13.9. The maximum atomic E-state index is 12.4. The molecule has 20 heavy (non-hydrogen) atoms. The Morgan fingerprint density at radius 1 is 1.15 bits per heavy atom. The number of ketones is 1. The number of carbonyl (C=O) groups is 1. The van der Waals surface area contributed by atoms with E-state index < -0.39 is 0 Å². The van der Waals surface area contributed by atoms with E-state index in [0.717, 1.165) is 30.3 Å². The Kier molecular flexibility index (Phi) is 4.27. The monoisotopic (exact) mass is 340 g/mol. The zero-order valence-corrected chi connectivity index (χ0v) is 12.8. The van der Waals surface area contributed by atoms with E-state index in [-0.39, 0.29) is 11.9 Å². The third kappa shape index (κ3) is 2.99. The van der Waals surface area contributed by atoms with E-state index in [9.17, 15) is 4.79 Å². The molecule has 2 heterocycles. The van der Waals surface area contributed by atoms with Gasteiger partial charge >= 0.3 is 0 Å². The Bertz CT molecular complexity index is 509. The standard InChI is InChI=1S/C15H17BrO4/c16-12-9-15-14(19-5-2-6-20-15)8-11(12)13(17)7-10-3-1-4-18-10/h8-10H,1-7H2. The van der Waals surface area contributed by atoms with Crippen molar-refractivity contribution in [3.8, 4) is 11.5 Å². The average Bonchev–Trinajstić information content (AvgIpc) is 2.82. The number of fused-ring (bicyclic) bond motifs is 1. The molecule has 5 heteroatoms. The van der Waals surface area contributed by atoms with Crippen LogP contribution in [0.15, 0.2) is 16.6 Å². The van der Waals surface area contributed by atoms with Gasteiger partial charge in [-0.05, 0) is 40.9 Å². The van der Waals surface area contributed by atoms with Gasteiger partial charge in [0, 0.05) is 29.5 Å². The summed E-state index contributed by atoms with van der Waals surface area (Å²) in [5, 5.41) is 0. The number of carbonyl (C=O) groups excluding carboxylic acids is 1. The van der Waals surface area contributed by atoms with Crippen molar-refractivity contribution in [1.29, 1.82) is 0 Å². The number of ether oxygens (including phenoxy) is 3. The Balaban J connectivity index is 1.81. The van der Waals surface area contributed by atoms with E-state index in [1.165, 1.54) is 0 Å². The molecule has 3 rings (SSSR count). The summed E-state index contributed by atoms with van der Waals surface area (Å²) in [6.07, 6.45) is 3.35. The minimum atomic E-state index is 0.0605. The SMILES string of the molecule is O=C(CC1CCCO1)c1cc2c(cc1Br)OCCCO2. The lowest BCUT2D eigenvalue weighted by Crippen LogP contribution is -2.13. The fraction of sp³-hybridized carbons (Fsp3) is 0.533. The molecule has 2 aliphatic rings. The molecule has 0 saturated carbocycles. The van der Waals surface area contributed by atoms with Crippen LogP contribution >= 0.6 is 15.9 Å². The van der Waals surface area contributed by atoms with Crippen LogP contribution in [0.25, 0.3) is 0 Å². The lowest BCUT2D eigenvalue weighted by molar-refractivity contribution is 0.0774. The van der Waals surface area contributed by atoms with Crippen LogP contribution in [0, 0.1) is 0 Å². The number of rotatable bonds is 3. The highest BCUT2D eigenvalue weighted by molar-refractivity contribution is 9.10. The van der Waals surface area contributed by atoms with Gasteiger partial charge in [-0.1, -0.05) is 0 Å². The van der Waals surface area contributed by atoms with E-state index >= 15 is 0 Å². The van der Waals surface area contributed by atoms with Gasteiger partial charge in [0.05, 0.1) is 19.3 Å². The minimum Gasteiger partial charge on any atom is -0.490 e. The number of Topliss-reactive ketones (excluding diaryl/α,β-unsaturated/α-hetero) is 1. The van der Waals surface area contributed by atoms with Gasteiger partial charge in [0.2, 0.25) is 0 Å². The summed E-state index contributed by atoms with van der Waals surface area (Å²) in [5.41, 5.74) is 0.643. The summed E-state index contributed by atoms with van der Waals surface area (Å²) in [6, 6.07) is 3.60. The minimum absolute atomic E-state index is 0.0605. The lowest BCUT2D eigenvalue weighted by Gasteiger charge is -2.13. The highest BCUT2D eigenvalue weighted by atomic mass is 79.9. The van der Waals surface area contributed by atoms with Gasteiger partial charge in [0.1, 0.15) is 0 Å². The number of benzene rings is 1. The number of hydrogen-bond acceptors (Lipinski definition) is 4. The third-order valence-corrected chi connectivity index (χ3v) is 4.23. The topological polar surface area (TPSA) is 44.8 Å². The Hall–Kier alpha value is -1.07. The molecule has 0 bridgehead atoms. The van der Waals surface area contributed by atoms with Gasteiger partial charge in [-0.2, -0.15) is 0 Å². The molecule has 1 fully saturated rings. The highest BCUT2D eigenvalue weighted by Crippen LogP contribution is 2.36. The van der Waals surface area contributed by atoms with Crippen LogP contribution in [0.3, 0.4) is 0 Å². The molecule has 2 aliphatic heterocycles. The Morgan fingerprint density at radius 2 is 1.90 bits per heavy atom. The molecule has 4 nitrogen and oxygen atoms in total. The summed E-state index contributed by atoms with van der Waals surface area (Å²) < 4.78 is 17.5. The highest BCUT2D eigenvalue weighted by Gasteiger charge is 2.23. The van der Waals surface area contributed by atoms with Crippen molar-refractivity contribution in [3.05, 3.63) is 22.2 Å². The summed E-state index contributed by atoms with van der Waals surface area (Å²) in [7, 11) is 0. The predicted molar refractivity (Wildman–Crippen MR) is 77.7 cm³/mol. The van der Waals surface area contributed by atoms with E-state index in [1.807, 2.05) is 6.07 Å². The number of halogens is 1. The van der Waals surface area contributed by atoms with Crippen LogP contribution in [0.5, 0.6) is 11.5 Å². The van der Waals surface area contributed by atoms with Crippen molar-refractivity contribution >= 4 is 21.7 Å². The number of hydrogen-bond donors (Lipinski definition) is 0. The van der Waals surface area contributed by atoms with Gasteiger partial charge in [0.15, 0.2) is 17.3 Å². The fourth-order valence-corrected chi connectivity index (χ4v) is 3.06. The predicted octanol–water partition coefficient (Wildman–Crippen LogP) is 3.36. The van der Waals surface area contributed by atoms with Gasteiger partial charge in [-0.3, -0.25) is 4.79 Å². The van der Waals surface area contributed by atoms with E-state index in [0.29, 0.717) is 36.7 Å². The smallest absolute Gasteiger partial charge is 0.166 e. The van der Waals surface area contributed by atoms with Gasteiger partial charge in [-0.15, -0.1) is 0 Å². The molecule has 0 aliphatic carbocycles. The van der Waals surface area contributed by atoms with E-state index in [1.54, 1.807) is 6.07 Å². The van der Waals surface area contributed by atoms with Crippen molar-refractivity contribution in [2.45, 2.75) is 31.8 Å². The Morgan fingerprint density at radius 3 is 2.60 bits per heavy atom. The molecule has 1 saturated heterocycles. The molecule has 0 amide bonds. The van der Waals surface area contributed by atoms with Crippen molar-refractivity contribution in [2.75, 3.05) is 19.8 Å². The molecule has 0 radical (unpaired) electrons. The van der Waals surface area contributed by atoms with Crippen LogP contribution in [-0.4, -0.2) is 31.7 Å². The summed E-state index contributed by atoms with van der Waals surface area (Å²) in [5.74, 6) is 1.43. The van der Waals surface area contributed by atoms with E-state index in [4.69, 9.17) is 14.2 Å². The first kappa shape index (κ1) is 13.9. The molecule has 1 aromatic rings. The second-order valence-electron chi connectivity index (χ2n) is 5.09. The van der Waals surface area contributed by atoms with Crippen molar-refractivity contribution in [1.82, 2.24) is 0 Å². The van der Waals surface area contributed by atoms with Crippen LogP contribution in [0.1, 0.15) is 36.0 Å². The zero-order valence-electron chi connectivity index (χ0n) is 11.2. The van der Waals surface area contributed by atoms with Gasteiger partial charge in [0.25, 0.3) is 0 Å².